The first-order valence-corrected chi connectivity index (χ1v) is 11.2. The van der Waals surface area contributed by atoms with Gasteiger partial charge in [0.25, 0.3) is 10.0 Å². The van der Waals surface area contributed by atoms with E-state index in [9.17, 15) is 8.42 Å². The third-order valence-corrected chi connectivity index (χ3v) is 6.96. The molecule has 1 fully saturated rings. The Kier molecular flexibility index (Phi) is 5.48. The number of pyridine rings is 1. The van der Waals surface area contributed by atoms with E-state index in [2.05, 4.69) is 15.3 Å². The van der Waals surface area contributed by atoms with Crippen molar-refractivity contribution in [2.24, 2.45) is 7.05 Å². The number of aryl methyl sites for hydroxylation is 2. The highest BCUT2D eigenvalue weighted by Crippen LogP contribution is 2.32. The number of methoxy groups -OCH3 is 1. The number of sulfonamides is 1. The summed E-state index contributed by atoms with van der Waals surface area (Å²) in [5, 5.41) is 3.48. The smallest absolute Gasteiger partial charge is 0.262 e. The normalized spacial score (nSPS) is 17.2. The predicted octanol–water partition coefficient (Wildman–Crippen LogP) is 3.05. The predicted molar refractivity (Wildman–Crippen MR) is 115 cm³/mol. The summed E-state index contributed by atoms with van der Waals surface area (Å²) in [6.45, 7) is 2.80. The minimum absolute atomic E-state index is 0.0415. The van der Waals surface area contributed by atoms with Crippen LogP contribution in [0.5, 0.6) is 5.75 Å². The minimum atomic E-state index is -3.59. The zero-order valence-corrected chi connectivity index (χ0v) is 18.1. The van der Waals surface area contributed by atoms with Gasteiger partial charge in [-0.15, -0.1) is 0 Å². The fourth-order valence-electron chi connectivity index (χ4n) is 3.66. The van der Waals surface area contributed by atoms with Gasteiger partial charge in [0.2, 0.25) is 0 Å². The van der Waals surface area contributed by atoms with Gasteiger partial charge in [-0.3, -0.25) is 4.98 Å². The molecule has 0 amide bonds. The van der Waals surface area contributed by atoms with Gasteiger partial charge in [-0.1, -0.05) is 0 Å². The summed E-state index contributed by atoms with van der Waals surface area (Å²) in [5.74, 6) is 0.840. The van der Waals surface area contributed by atoms with Crippen molar-refractivity contribution in [1.29, 1.82) is 0 Å². The van der Waals surface area contributed by atoms with Crippen molar-refractivity contribution >= 4 is 21.4 Å². The molecular weight excluding hydrogens is 402 g/mol. The molecule has 1 unspecified atom stereocenters. The van der Waals surface area contributed by atoms with Gasteiger partial charge < -0.3 is 14.6 Å². The maximum atomic E-state index is 12.9. The van der Waals surface area contributed by atoms with Gasteiger partial charge in [0.05, 0.1) is 13.4 Å². The topological polar surface area (TPSA) is 89.4 Å². The van der Waals surface area contributed by atoms with Crippen LogP contribution in [0.25, 0.3) is 0 Å². The summed E-state index contributed by atoms with van der Waals surface area (Å²) in [6.07, 6.45) is 3.76. The number of benzene rings is 1. The molecule has 9 heteroatoms. The molecule has 1 N–H and O–H groups in total. The van der Waals surface area contributed by atoms with E-state index in [1.165, 1.54) is 16.8 Å². The minimum Gasteiger partial charge on any atom is -0.497 e. The third-order valence-electron chi connectivity index (χ3n) is 5.21. The van der Waals surface area contributed by atoms with Crippen LogP contribution in [0.1, 0.15) is 23.7 Å². The Morgan fingerprint density at radius 1 is 1.17 bits per heavy atom. The Hall–Kier alpha value is -2.91. The van der Waals surface area contributed by atoms with Crippen molar-refractivity contribution in [2.75, 3.05) is 25.5 Å². The number of anilines is 2. The summed E-state index contributed by atoms with van der Waals surface area (Å²) in [5.41, 5.74) is 3.64. The Bertz CT molecular complexity index is 1140. The Morgan fingerprint density at radius 3 is 2.60 bits per heavy atom. The van der Waals surface area contributed by atoms with Crippen molar-refractivity contribution in [3.63, 3.8) is 0 Å². The summed E-state index contributed by atoms with van der Waals surface area (Å²) in [6, 6.07) is 11.7. The van der Waals surface area contributed by atoms with E-state index in [4.69, 9.17) is 4.74 Å². The van der Waals surface area contributed by atoms with E-state index >= 15 is 0 Å². The fourth-order valence-corrected chi connectivity index (χ4v) is 5.13. The number of rotatable bonds is 6. The molecule has 4 rings (SSSR count). The number of nitrogens with one attached hydrogen (secondary N) is 1. The maximum Gasteiger partial charge on any atom is 0.262 e. The lowest BCUT2D eigenvalue weighted by Gasteiger charge is -2.16. The maximum absolute atomic E-state index is 12.9. The quantitative estimate of drug-likeness (QED) is 0.650. The van der Waals surface area contributed by atoms with Gasteiger partial charge in [-0.05, 0) is 49.7 Å². The molecule has 2 aromatic heterocycles. The molecule has 158 valence electrons. The van der Waals surface area contributed by atoms with Gasteiger partial charge in [-0.25, -0.2) is 13.4 Å². The molecule has 3 heterocycles. The Labute approximate surface area is 176 Å². The van der Waals surface area contributed by atoms with Gasteiger partial charge in [0.15, 0.2) is 5.03 Å². The van der Waals surface area contributed by atoms with Crippen LogP contribution in [-0.4, -0.2) is 47.5 Å². The molecular formula is C21H25N5O3S. The second kappa shape index (κ2) is 8.08. The Morgan fingerprint density at radius 2 is 1.93 bits per heavy atom. The molecule has 1 atom stereocenters. The van der Waals surface area contributed by atoms with Crippen molar-refractivity contribution < 1.29 is 13.2 Å². The SMILES string of the molecule is COc1ccc(Nc2cc(C)nc(C3CCN(S(=O)(=O)c4cn(C)cn4)C3)c2)cc1. The molecule has 3 aromatic rings. The van der Waals surface area contributed by atoms with E-state index < -0.39 is 10.0 Å². The first kappa shape index (κ1) is 20.4. The molecule has 1 aromatic carbocycles. The molecule has 1 aliphatic rings. The summed E-state index contributed by atoms with van der Waals surface area (Å²) in [4.78, 5) is 8.69. The van der Waals surface area contributed by atoms with Crippen LogP contribution in [0, 0.1) is 6.92 Å². The molecule has 30 heavy (non-hydrogen) atoms. The largest absolute Gasteiger partial charge is 0.497 e. The first-order chi connectivity index (χ1) is 14.3. The lowest BCUT2D eigenvalue weighted by atomic mass is 10.0. The molecule has 8 nitrogen and oxygen atoms in total. The van der Waals surface area contributed by atoms with E-state index in [0.717, 1.165) is 34.9 Å². The summed E-state index contributed by atoms with van der Waals surface area (Å²) >= 11 is 0. The second-order valence-corrected chi connectivity index (χ2v) is 9.39. The third kappa shape index (κ3) is 4.17. The highest BCUT2D eigenvalue weighted by Gasteiger charge is 2.35. The van der Waals surface area contributed by atoms with Crippen LogP contribution in [0.3, 0.4) is 0 Å². The van der Waals surface area contributed by atoms with E-state index in [-0.39, 0.29) is 10.9 Å². The Balaban J connectivity index is 1.51. The zero-order chi connectivity index (χ0) is 21.3. The fraction of sp³-hybridized carbons (Fsp3) is 0.333. The molecule has 0 aliphatic carbocycles. The highest BCUT2D eigenvalue weighted by atomic mass is 32.2. The number of hydrogen-bond acceptors (Lipinski definition) is 6. The summed E-state index contributed by atoms with van der Waals surface area (Å²) in [7, 11) is -0.193. The van der Waals surface area contributed by atoms with Gasteiger partial charge in [0, 0.05) is 55.0 Å². The number of imidazole rings is 1. The van der Waals surface area contributed by atoms with E-state index in [1.54, 1.807) is 18.7 Å². The van der Waals surface area contributed by atoms with Crippen LogP contribution >= 0.6 is 0 Å². The molecule has 1 aliphatic heterocycles. The van der Waals surface area contributed by atoms with E-state index in [0.29, 0.717) is 13.1 Å². The number of nitrogens with zero attached hydrogens (tertiary/aromatic N) is 4. The zero-order valence-electron chi connectivity index (χ0n) is 17.2. The summed E-state index contributed by atoms with van der Waals surface area (Å²) < 4.78 is 34.1. The molecule has 0 radical (unpaired) electrons. The average Bonchev–Trinajstić information content (AvgIpc) is 3.38. The number of hydrogen-bond donors (Lipinski definition) is 1. The second-order valence-electron chi connectivity index (χ2n) is 7.50. The first-order valence-electron chi connectivity index (χ1n) is 9.73. The standard InChI is InChI=1S/C21H25N5O3S/c1-15-10-18(24-17-4-6-19(29-3)7-5-17)11-20(23-15)16-8-9-26(12-16)30(27,28)21-13-25(2)14-22-21/h4-7,10-11,13-14,16H,8-9,12H2,1-3H3,(H,23,24). The van der Waals surface area contributed by atoms with Crippen molar-refractivity contribution in [3.05, 3.63) is 60.3 Å². The van der Waals surface area contributed by atoms with Crippen molar-refractivity contribution in [2.45, 2.75) is 24.3 Å². The number of ether oxygens (including phenoxy) is 1. The van der Waals surface area contributed by atoms with Crippen molar-refractivity contribution in [1.82, 2.24) is 18.8 Å². The van der Waals surface area contributed by atoms with Crippen LogP contribution in [0.2, 0.25) is 0 Å². The van der Waals surface area contributed by atoms with Crippen LogP contribution in [0.4, 0.5) is 11.4 Å². The van der Waals surface area contributed by atoms with Gasteiger partial charge in [-0.2, -0.15) is 4.31 Å². The van der Waals surface area contributed by atoms with Crippen LogP contribution in [-0.2, 0) is 17.1 Å². The van der Waals surface area contributed by atoms with Crippen LogP contribution in [0.15, 0.2) is 53.9 Å². The average molecular weight is 428 g/mol. The molecule has 1 saturated heterocycles. The molecule has 0 spiro atoms. The molecule has 0 saturated carbocycles. The monoisotopic (exact) mass is 427 g/mol. The molecule has 0 bridgehead atoms. The van der Waals surface area contributed by atoms with Gasteiger partial charge >= 0.3 is 0 Å². The number of aromatic nitrogens is 3. The lowest BCUT2D eigenvalue weighted by molar-refractivity contribution is 0.415. The van der Waals surface area contributed by atoms with Crippen molar-refractivity contribution in [3.8, 4) is 5.75 Å². The highest BCUT2D eigenvalue weighted by molar-refractivity contribution is 7.89. The van der Waals surface area contributed by atoms with Gasteiger partial charge in [0.1, 0.15) is 5.75 Å². The van der Waals surface area contributed by atoms with E-state index in [1.807, 2.05) is 43.3 Å². The lowest BCUT2D eigenvalue weighted by Crippen LogP contribution is -2.29. The van der Waals surface area contributed by atoms with Crippen LogP contribution < -0.4 is 10.1 Å².